The van der Waals surface area contributed by atoms with Crippen molar-refractivity contribution in [1.82, 2.24) is 14.9 Å². The Morgan fingerprint density at radius 2 is 1.95 bits per heavy atom. The highest BCUT2D eigenvalue weighted by Gasteiger charge is 2.16. The number of hydrogen-bond donors (Lipinski definition) is 1. The predicted octanol–water partition coefficient (Wildman–Crippen LogP) is 2.05. The second-order valence-corrected chi connectivity index (χ2v) is 5.01. The summed E-state index contributed by atoms with van der Waals surface area (Å²) in [5, 5.41) is 3.17. The third-order valence-corrected chi connectivity index (χ3v) is 3.55. The number of aromatic nitrogens is 2. The van der Waals surface area contributed by atoms with Crippen LogP contribution in [0.2, 0.25) is 0 Å². The van der Waals surface area contributed by atoms with Gasteiger partial charge in [-0.1, -0.05) is 12.1 Å². The number of carbonyl (C=O) groups excluding carboxylic acids is 1. The van der Waals surface area contributed by atoms with Crippen molar-refractivity contribution in [2.24, 2.45) is 0 Å². The van der Waals surface area contributed by atoms with Gasteiger partial charge in [0.15, 0.2) is 0 Å². The molecule has 1 amide bonds. The Balaban J connectivity index is 1.55. The number of hydrogen-bond acceptors (Lipinski definition) is 4. The van der Waals surface area contributed by atoms with Gasteiger partial charge in [-0.25, -0.2) is 4.98 Å². The molecule has 1 saturated heterocycles. The quantitative estimate of drug-likeness (QED) is 0.924. The molecular formula is C15H18N4O. The summed E-state index contributed by atoms with van der Waals surface area (Å²) in [5.41, 5.74) is 1.74. The van der Waals surface area contributed by atoms with Gasteiger partial charge in [-0.3, -0.25) is 9.78 Å². The molecule has 20 heavy (non-hydrogen) atoms. The van der Waals surface area contributed by atoms with Gasteiger partial charge in [0.1, 0.15) is 5.82 Å². The molecule has 0 radical (unpaired) electrons. The highest BCUT2D eigenvalue weighted by atomic mass is 16.2. The normalized spacial score (nSPS) is 14.7. The summed E-state index contributed by atoms with van der Waals surface area (Å²) in [6, 6.07) is 7.75. The average molecular weight is 270 g/mol. The van der Waals surface area contributed by atoms with Gasteiger partial charge in [-0.2, -0.15) is 0 Å². The first-order valence-corrected chi connectivity index (χ1v) is 7.06. The Hall–Kier alpha value is -2.17. The van der Waals surface area contributed by atoms with Gasteiger partial charge in [0.05, 0.1) is 17.2 Å². The first-order valence-electron chi connectivity index (χ1n) is 7.06. The number of amides is 1. The minimum atomic E-state index is 0.226. The van der Waals surface area contributed by atoms with Crippen molar-refractivity contribution in [2.45, 2.75) is 19.3 Å². The maximum atomic E-state index is 11.9. The van der Waals surface area contributed by atoms with E-state index in [2.05, 4.69) is 15.3 Å². The lowest BCUT2D eigenvalue weighted by Gasteiger charge is -2.15. The fraction of sp³-hybridized carbons (Fsp3) is 0.400. The molecule has 2 heterocycles. The molecule has 1 aliphatic heterocycles. The Labute approximate surface area is 118 Å². The van der Waals surface area contributed by atoms with Crippen LogP contribution in [-0.2, 0) is 4.79 Å². The van der Waals surface area contributed by atoms with Gasteiger partial charge in [-0.05, 0) is 25.0 Å². The average Bonchev–Trinajstić information content (AvgIpc) is 3.01. The number of benzene rings is 1. The number of nitrogens with one attached hydrogen (secondary N) is 1. The molecule has 5 nitrogen and oxygen atoms in total. The van der Waals surface area contributed by atoms with Gasteiger partial charge in [0, 0.05) is 26.1 Å². The van der Waals surface area contributed by atoms with Gasteiger partial charge in [-0.15, -0.1) is 0 Å². The van der Waals surface area contributed by atoms with Crippen molar-refractivity contribution >= 4 is 22.8 Å². The summed E-state index contributed by atoms with van der Waals surface area (Å²) in [4.78, 5) is 22.6. The molecule has 2 aromatic rings. The van der Waals surface area contributed by atoms with Crippen LogP contribution in [0, 0.1) is 0 Å². The molecule has 1 N–H and O–H groups in total. The van der Waals surface area contributed by atoms with Gasteiger partial charge < -0.3 is 10.2 Å². The zero-order valence-electron chi connectivity index (χ0n) is 11.4. The van der Waals surface area contributed by atoms with Gasteiger partial charge >= 0.3 is 0 Å². The topological polar surface area (TPSA) is 58.1 Å². The van der Waals surface area contributed by atoms with E-state index in [0.29, 0.717) is 13.0 Å². The van der Waals surface area contributed by atoms with Crippen LogP contribution in [0.15, 0.2) is 30.5 Å². The number of rotatable bonds is 4. The van der Waals surface area contributed by atoms with Crippen LogP contribution in [0.1, 0.15) is 19.3 Å². The van der Waals surface area contributed by atoms with Crippen LogP contribution >= 0.6 is 0 Å². The number of carbonyl (C=O) groups is 1. The highest BCUT2D eigenvalue weighted by Crippen LogP contribution is 2.12. The molecule has 0 unspecified atom stereocenters. The minimum absolute atomic E-state index is 0.226. The molecule has 0 atom stereocenters. The van der Waals surface area contributed by atoms with Crippen molar-refractivity contribution in [2.75, 3.05) is 25.0 Å². The van der Waals surface area contributed by atoms with Crippen LogP contribution in [0.3, 0.4) is 0 Å². The summed E-state index contributed by atoms with van der Waals surface area (Å²) < 4.78 is 0. The van der Waals surface area contributed by atoms with Crippen molar-refractivity contribution in [3.8, 4) is 0 Å². The first kappa shape index (κ1) is 12.8. The molecule has 3 rings (SSSR count). The Kier molecular flexibility index (Phi) is 3.76. The first-order chi connectivity index (χ1) is 9.83. The summed E-state index contributed by atoms with van der Waals surface area (Å²) in [6.07, 6.45) is 4.49. The third-order valence-electron chi connectivity index (χ3n) is 3.55. The third kappa shape index (κ3) is 2.87. The number of para-hydroxylation sites is 2. The molecule has 104 valence electrons. The molecule has 5 heteroatoms. The molecule has 1 fully saturated rings. The monoisotopic (exact) mass is 270 g/mol. The molecule has 0 spiro atoms. The SMILES string of the molecule is O=C(CCNc1cnc2ccccc2n1)N1CCCC1. The molecule has 1 aliphatic rings. The molecule has 1 aromatic carbocycles. The molecule has 0 bridgehead atoms. The van der Waals surface area contributed by atoms with Crippen LogP contribution in [-0.4, -0.2) is 40.4 Å². The Morgan fingerprint density at radius 1 is 1.20 bits per heavy atom. The minimum Gasteiger partial charge on any atom is -0.368 e. The lowest BCUT2D eigenvalue weighted by Crippen LogP contribution is -2.29. The maximum absolute atomic E-state index is 11.9. The largest absolute Gasteiger partial charge is 0.368 e. The van der Waals surface area contributed by atoms with Crippen LogP contribution < -0.4 is 5.32 Å². The fourth-order valence-electron chi connectivity index (χ4n) is 2.46. The highest BCUT2D eigenvalue weighted by molar-refractivity contribution is 5.77. The van der Waals surface area contributed by atoms with Crippen molar-refractivity contribution < 1.29 is 4.79 Å². The standard InChI is InChI=1S/C15H18N4O/c20-15(19-9-3-4-10-19)7-8-16-14-11-17-12-5-1-2-6-13(12)18-14/h1-2,5-6,11H,3-4,7-10H2,(H,16,18). The van der Waals surface area contributed by atoms with E-state index in [4.69, 9.17) is 0 Å². The van der Waals surface area contributed by atoms with E-state index in [0.717, 1.165) is 42.8 Å². The van der Waals surface area contributed by atoms with Crippen LogP contribution in [0.4, 0.5) is 5.82 Å². The van der Waals surface area contributed by atoms with Gasteiger partial charge in [0.25, 0.3) is 0 Å². The predicted molar refractivity (Wildman–Crippen MR) is 78.5 cm³/mol. The van der Waals surface area contributed by atoms with E-state index in [-0.39, 0.29) is 5.91 Å². The zero-order chi connectivity index (χ0) is 13.8. The summed E-state index contributed by atoms with van der Waals surface area (Å²) in [6.45, 7) is 2.42. The zero-order valence-corrected chi connectivity index (χ0v) is 11.4. The molecule has 0 saturated carbocycles. The number of likely N-dealkylation sites (tertiary alicyclic amines) is 1. The van der Waals surface area contributed by atoms with Gasteiger partial charge in [0.2, 0.25) is 5.91 Å². The van der Waals surface area contributed by atoms with Crippen molar-refractivity contribution in [3.63, 3.8) is 0 Å². The Morgan fingerprint density at radius 3 is 2.75 bits per heavy atom. The van der Waals surface area contributed by atoms with Crippen LogP contribution in [0.25, 0.3) is 11.0 Å². The van der Waals surface area contributed by atoms with Crippen molar-refractivity contribution in [1.29, 1.82) is 0 Å². The summed E-state index contributed by atoms with van der Waals surface area (Å²) in [7, 11) is 0. The molecular weight excluding hydrogens is 252 g/mol. The fourth-order valence-corrected chi connectivity index (χ4v) is 2.46. The number of fused-ring (bicyclic) bond motifs is 1. The van der Waals surface area contributed by atoms with E-state index in [1.54, 1.807) is 6.20 Å². The summed E-state index contributed by atoms with van der Waals surface area (Å²) >= 11 is 0. The van der Waals surface area contributed by atoms with Crippen molar-refractivity contribution in [3.05, 3.63) is 30.5 Å². The lowest BCUT2D eigenvalue weighted by atomic mass is 10.3. The van der Waals surface area contributed by atoms with Crippen LogP contribution in [0.5, 0.6) is 0 Å². The van der Waals surface area contributed by atoms with E-state index in [1.165, 1.54) is 0 Å². The summed E-state index contributed by atoms with van der Waals surface area (Å²) in [5.74, 6) is 0.946. The Bertz CT molecular complexity index is 608. The van der Waals surface area contributed by atoms with E-state index >= 15 is 0 Å². The second kappa shape index (κ2) is 5.86. The molecule has 0 aliphatic carbocycles. The number of nitrogens with zero attached hydrogens (tertiary/aromatic N) is 3. The second-order valence-electron chi connectivity index (χ2n) is 5.01. The van der Waals surface area contributed by atoms with E-state index in [1.807, 2.05) is 29.2 Å². The number of anilines is 1. The smallest absolute Gasteiger partial charge is 0.224 e. The molecule has 1 aromatic heterocycles. The lowest BCUT2D eigenvalue weighted by molar-refractivity contribution is -0.129. The van der Waals surface area contributed by atoms with E-state index in [9.17, 15) is 4.79 Å². The maximum Gasteiger partial charge on any atom is 0.224 e. The van der Waals surface area contributed by atoms with E-state index < -0.39 is 0 Å².